The Kier molecular flexibility index (Phi) is 5.78. The molecule has 0 aromatic heterocycles. The van der Waals surface area contributed by atoms with E-state index in [2.05, 4.69) is 27.3 Å². The van der Waals surface area contributed by atoms with Crippen molar-refractivity contribution in [1.82, 2.24) is 0 Å². The number of nitrogens with one attached hydrogen (secondary N) is 1. The van der Waals surface area contributed by atoms with E-state index in [1.165, 1.54) is 0 Å². The fraction of sp³-hybridized carbons (Fsp3) is 0.222. The van der Waals surface area contributed by atoms with Crippen LogP contribution in [0.5, 0.6) is 5.75 Å². The minimum absolute atomic E-state index is 0.0551. The zero-order chi connectivity index (χ0) is 16.8. The van der Waals surface area contributed by atoms with Crippen molar-refractivity contribution in [3.8, 4) is 11.8 Å². The number of benzene rings is 2. The molecular weight excluding hydrogens is 356 g/mol. The lowest BCUT2D eigenvalue weighted by Crippen LogP contribution is -2.20. The van der Waals surface area contributed by atoms with Crippen molar-refractivity contribution in [3.05, 3.63) is 57.6 Å². The van der Waals surface area contributed by atoms with Gasteiger partial charge in [-0.2, -0.15) is 5.26 Å². The first-order valence-electron chi connectivity index (χ1n) is 7.15. The van der Waals surface area contributed by atoms with Crippen LogP contribution in [0.15, 0.2) is 40.9 Å². The number of ether oxygens (including phenoxy) is 1. The Labute approximate surface area is 144 Å². The highest BCUT2D eigenvalue weighted by Crippen LogP contribution is 2.26. The molecule has 23 heavy (non-hydrogen) atoms. The second-order valence-electron chi connectivity index (χ2n) is 5.24. The second-order valence-corrected chi connectivity index (χ2v) is 6.03. The van der Waals surface area contributed by atoms with E-state index in [1.54, 1.807) is 12.1 Å². The number of nitriles is 1. The monoisotopic (exact) mass is 372 g/mol. The number of aryl methyl sites for hydroxylation is 2. The van der Waals surface area contributed by atoms with Crippen LogP contribution in [-0.2, 0) is 11.2 Å². The minimum atomic E-state index is -0.226. The molecule has 0 radical (unpaired) electrons. The van der Waals surface area contributed by atoms with Gasteiger partial charge in [0, 0.05) is 10.2 Å². The number of hydrogen-bond acceptors (Lipinski definition) is 3. The zero-order valence-electron chi connectivity index (χ0n) is 13.0. The molecule has 2 aromatic rings. The van der Waals surface area contributed by atoms with Gasteiger partial charge in [-0.15, -0.1) is 0 Å². The molecule has 1 N–H and O–H groups in total. The third-order valence-electron chi connectivity index (χ3n) is 3.30. The Morgan fingerprint density at radius 1 is 1.22 bits per heavy atom. The molecule has 0 heterocycles. The summed E-state index contributed by atoms with van der Waals surface area (Å²) in [7, 11) is 0. The van der Waals surface area contributed by atoms with E-state index in [1.807, 2.05) is 38.1 Å². The zero-order valence-corrected chi connectivity index (χ0v) is 14.6. The highest BCUT2D eigenvalue weighted by atomic mass is 79.9. The molecule has 0 atom stereocenters. The van der Waals surface area contributed by atoms with E-state index in [4.69, 9.17) is 10.00 Å². The van der Waals surface area contributed by atoms with E-state index in [0.717, 1.165) is 21.2 Å². The summed E-state index contributed by atoms with van der Waals surface area (Å²) in [4.78, 5) is 11.9. The third kappa shape index (κ3) is 4.83. The van der Waals surface area contributed by atoms with Crippen molar-refractivity contribution in [2.75, 3.05) is 11.9 Å². The summed E-state index contributed by atoms with van der Waals surface area (Å²) in [5, 5.41) is 11.4. The van der Waals surface area contributed by atoms with Crippen molar-refractivity contribution in [3.63, 3.8) is 0 Å². The Bertz CT molecular complexity index is 726. The number of rotatable bonds is 5. The molecule has 118 valence electrons. The smallest absolute Gasteiger partial charge is 0.262 e. The maximum absolute atomic E-state index is 11.9. The number of carbonyl (C=O) groups is 1. The van der Waals surface area contributed by atoms with Gasteiger partial charge < -0.3 is 10.1 Å². The number of nitrogens with zero attached hydrogens (tertiary/aromatic N) is 1. The predicted molar refractivity (Wildman–Crippen MR) is 93.5 cm³/mol. The van der Waals surface area contributed by atoms with Gasteiger partial charge in [0.05, 0.1) is 12.5 Å². The van der Waals surface area contributed by atoms with Gasteiger partial charge in [0.2, 0.25) is 0 Å². The normalized spacial score (nSPS) is 10.0. The molecule has 0 fully saturated rings. The van der Waals surface area contributed by atoms with Crippen LogP contribution < -0.4 is 10.1 Å². The Balaban J connectivity index is 1.91. The maximum atomic E-state index is 11.9. The first kappa shape index (κ1) is 17.0. The molecule has 0 aliphatic rings. The largest absolute Gasteiger partial charge is 0.484 e. The first-order chi connectivity index (χ1) is 11.0. The standard InChI is InChI=1S/C18H17BrN2O2/c1-12-9-16(10-13(2)18(12)19)23-11-17(22)21-15-5-3-14(4-6-15)7-8-20/h3-6,9-10H,7,11H2,1-2H3,(H,21,22). The molecule has 0 bridgehead atoms. The highest BCUT2D eigenvalue weighted by molar-refractivity contribution is 9.10. The second kappa shape index (κ2) is 7.80. The third-order valence-corrected chi connectivity index (χ3v) is 4.55. The molecular formula is C18H17BrN2O2. The molecule has 0 aliphatic carbocycles. The average molecular weight is 373 g/mol. The summed E-state index contributed by atoms with van der Waals surface area (Å²) in [6.07, 6.45) is 0.361. The number of anilines is 1. The van der Waals surface area contributed by atoms with Gasteiger partial charge in [0.1, 0.15) is 5.75 Å². The average Bonchev–Trinajstić information content (AvgIpc) is 2.52. The number of halogens is 1. The topological polar surface area (TPSA) is 62.1 Å². The molecule has 0 aliphatic heterocycles. The van der Waals surface area contributed by atoms with Crippen LogP contribution >= 0.6 is 15.9 Å². The molecule has 5 heteroatoms. The Morgan fingerprint density at radius 3 is 2.39 bits per heavy atom. The van der Waals surface area contributed by atoms with Crippen molar-refractivity contribution in [2.45, 2.75) is 20.3 Å². The van der Waals surface area contributed by atoms with Gasteiger partial charge >= 0.3 is 0 Å². The summed E-state index contributed by atoms with van der Waals surface area (Å²) in [6, 6.07) is 13.1. The molecule has 1 amide bonds. The molecule has 0 saturated heterocycles. The van der Waals surface area contributed by atoms with Crippen LogP contribution in [0.2, 0.25) is 0 Å². The van der Waals surface area contributed by atoms with Crippen molar-refractivity contribution in [2.24, 2.45) is 0 Å². The SMILES string of the molecule is Cc1cc(OCC(=O)Nc2ccc(CC#N)cc2)cc(C)c1Br. The summed E-state index contributed by atoms with van der Waals surface area (Å²) in [6.45, 7) is 3.90. The van der Waals surface area contributed by atoms with Crippen LogP contribution in [0.3, 0.4) is 0 Å². The van der Waals surface area contributed by atoms with Gasteiger partial charge in [-0.25, -0.2) is 0 Å². The molecule has 2 aromatic carbocycles. The molecule has 0 saturated carbocycles. The number of carbonyl (C=O) groups excluding carboxylic acids is 1. The summed E-state index contributed by atoms with van der Waals surface area (Å²) >= 11 is 3.50. The number of hydrogen-bond donors (Lipinski definition) is 1. The predicted octanol–water partition coefficient (Wildman–Crippen LogP) is 4.15. The van der Waals surface area contributed by atoms with Gasteiger partial charge in [0.15, 0.2) is 6.61 Å². The summed E-state index contributed by atoms with van der Waals surface area (Å²) in [5.41, 5.74) is 3.73. The molecule has 0 unspecified atom stereocenters. The van der Waals surface area contributed by atoms with E-state index < -0.39 is 0 Å². The molecule has 2 rings (SSSR count). The van der Waals surface area contributed by atoms with Crippen LogP contribution in [0, 0.1) is 25.2 Å². The summed E-state index contributed by atoms with van der Waals surface area (Å²) in [5.74, 6) is 0.443. The van der Waals surface area contributed by atoms with Crippen molar-refractivity contribution in [1.29, 1.82) is 5.26 Å². The van der Waals surface area contributed by atoms with E-state index in [-0.39, 0.29) is 12.5 Å². The molecule has 4 nitrogen and oxygen atoms in total. The van der Waals surface area contributed by atoms with Crippen LogP contribution in [0.4, 0.5) is 5.69 Å². The van der Waals surface area contributed by atoms with E-state index >= 15 is 0 Å². The Morgan fingerprint density at radius 2 is 1.83 bits per heavy atom. The van der Waals surface area contributed by atoms with Gasteiger partial charge in [0.25, 0.3) is 5.91 Å². The van der Waals surface area contributed by atoms with Crippen molar-refractivity contribution < 1.29 is 9.53 Å². The quantitative estimate of drug-likeness (QED) is 0.857. The van der Waals surface area contributed by atoms with Crippen molar-refractivity contribution >= 4 is 27.5 Å². The lowest BCUT2D eigenvalue weighted by molar-refractivity contribution is -0.118. The molecule has 0 spiro atoms. The lowest BCUT2D eigenvalue weighted by atomic mass is 10.1. The fourth-order valence-electron chi connectivity index (χ4n) is 2.13. The van der Waals surface area contributed by atoms with E-state index in [0.29, 0.717) is 17.9 Å². The fourth-order valence-corrected chi connectivity index (χ4v) is 2.36. The van der Waals surface area contributed by atoms with Crippen LogP contribution in [-0.4, -0.2) is 12.5 Å². The lowest BCUT2D eigenvalue weighted by Gasteiger charge is -2.10. The van der Waals surface area contributed by atoms with Gasteiger partial charge in [-0.05, 0) is 54.8 Å². The highest BCUT2D eigenvalue weighted by Gasteiger charge is 2.07. The van der Waals surface area contributed by atoms with Gasteiger partial charge in [-0.3, -0.25) is 4.79 Å². The minimum Gasteiger partial charge on any atom is -0.484 e. The van der Waals surface area contributed by atoms with Gasteiger partial charge in [-0.1, -0.05) is 28.1 Å². The maximum Gasteiger partial charge on any atom is 0.262 e. The van der Waals surface area contributed by atoms with Crippen LogP contribution in [0.25, 0.3) is 0 Å². The van der Waals surface area contributed by atoms with Crippen LogP contribution in [0.1, 0.15) is 16.7 Å². The first-order valence-corrected chi connectivity index (χ1v) is 7.94. The Hall–Kier alpha value is -2.32. The van der Waals surface area contributed by atoms with E-state index in [9.17, 15) is 4.79 Å². The summed E-state index contributed by atoms with van der Waals surface area (Å²) < 4.78 is 6.59. The number of amides is 1.